The number of methoxy groups -OCH3 is 2. The van der Waals surface area contributed by atoms with Crippen molar-refractivity contribution in [3.8, 4) is 11.1 Å². The van der Waals surface area contributed by atoms with E-state index in [2.05, 4.69) is 27.7 Å². The van der Waals surface area contributed by atoms with Crippen molar-refractivity contribution in [3.05, 3.63) is 39.8 Å². The average Bonchev–Trinajstić information content (AvgIpc) is 3.24. The van der Waals surface area contributed by atoms with Gasteiger partial charge in [0.15, 0.2) is 0 Å². The second-order valence-electron chi connectivity index (χ2n) is 7.13. The predicted molar refractivity (Wildman–Crippen MR) is 129 cm³/mol. The summed E-state index contributed by atoms with van der Waals surface area (Å²) in [5, 5.41) is 6.13. The molecule has 0 radical (unpaired) electrons. The van der Waals surface area contributed by atoms with Crippen molar-refractivity contribution in [3.63, 3.8) is 0 Å². The van der Waals surface area contributed by atoms with Crippen molar-refractivity contribution >= 4 is 57.0 Å². The molecule has 0 aliphatic carbocycles. The molecular weight excluding hydrogens is 533 g/mol. The van der Waals surface area contributed by atoms with E-state index in [9.17, 15) is 9.59 Å². The Morgan fingerprint density at radius 2 is 1.90 bits per heavy atom. The van der Waals surface area contributed by atoms with Gasteiger partial charge in [0.2, 0.25) is 0 Å². The first kappa shape index (κ1) is 23.6. The van der Waals surface area contributed by atoms with Crippen LogP contribution in [0.2, 0.25) is 5.02 Å². The number of ether oxygens (including phenoxy) is 2. The van der Waals surface area contributed by atoms with E-state index in [0.29, 0.717) is 23.7 Å². The zero-order chi connectivity index (χ0) is 22.9. The summed E-state index contributed by atoms with van der Waals surface area (Å²) in [6.45, 7) is 4.29. The van der Waals surface area contributed by atoms with E-state index in [-0.39, 0.29) is 12.4 Å². The lowest BCUT2D eigenvalue weighted by atomic mass is 9.96. The summed E-state index contributed by atoms with van der Waals surface area (Å²) in [4.78, 5) is 24.7. The van der Waals surface area contributed by atoms with E-state index in [1.165, 1.54) is 14.2 Å². The van der Waals surface area contributed by atoms with Crippen molar-refractivity contribution in [2.45, 2.75) is 37.7 Å². The average molecular weight is 558 g/mol. The molecule has 0 amide bonds. The summed E-state index contributed by atoms with van der Waals surface area (Å²) in [6, 6.07) is 3.72. The third kappa shape index (κ3) is 4.07. The van der Waals surface area contributed by atoms with Crippen LogP contribution in [0.5, 0.6) is 0 Å². The molecule has 0 aliphatic heterocycles. The Labute approximate surface area is 199 Å². The molecule has 166 valence electrons. The number of carbonyl (C=O) groups is 2. The van der Waals surface area contributed by atoms with Gasteiger partial charge in [0.25, 0.3) is 0 Å². The number of hydrogen-bond acceptors (Lipinski definition) is 5. The first-order valence-corrected chi connectivity index (χ1v) is 11.8. The maximum atomic E-state index is 12.8. The minimum atomic E-state index is -0.447. The summed E-state index contributed by atoms with van der Waals surface area (Å²) in [7, 11) is 4.62. The Morgan fingerprint density at radius 3 is 2.48 bits per heavy atom. The monoisotopic (exact) mass is 557 g/mol. The molecule has 2 heterocycles. The van der Waals surface area contributed by atoms with Crippen LogP contribution < -0.4 is 0 Å². The number of halogens is 2. The van der Waals surface area contributed by atoms with Crippen molar-refractivity contribution in [1.82, 2.24) is 14.3 Å². The zero-order valence-corrected chi connectivity index (χ0v) is 21.1. The molecule has 0 aliphatic rings. The van der Waals surface area contributed by atoms with Crippen molar-refractivity contribution in [2.75, 3.05) is 14.2 Å². The molecule has 0 spiro atoms. The van der Waals surface area contributed by atoms with Gasteiger partial charge in [-0.2, -0.15) is 5.10 Å². The third-order valence-electron chi connectivity index (χ3n) is 5.56. The molecule has 0 N–H and O–H groups in total. The van der Waals surface area contributed by atoms with E-state index in [4.69, 9.17) is 21.1 Å². The Bertz CT molecular complexity index is 1170. The molecule has 31 heavy (non-hydrogen) atoms. The number of esters is 2. The van der Waals surface area contributed by atoms with E-state index < -0.39 is 5.97 Å². The minimum Gasteiger partial charge on any atom is -0.469 e. The van der Waals surface area contributed by atoms with Crippen LogP contribution in [0.25, 0.3) is 22.0 Å². The van der Waals surface area contributed by atoms with Crippen LogP contribution in [0.1, 0.15) is 40.8 Å². The second kappa shape index (κ2) is 9.60. The number of alkyl halides is 1. The van der Waals surface area contributed by atoms with Gasteiger partial charge in [0.05, 0.1) is 26.3 Å². The van der Waals surface area contributed by atoms with Crippen molar-refractivity contribution < 1.29 is 19.1 Å². The normalized spacial score (nSPS) is 11.2. The number of nitrogens with zero attached hydrogens (tertiary/aromatic N) is 3. The lowest BCUT2D eigenvalue weighted by Crippen LogP contribution is -2.15. The molecule has 0 fully saturated rings. The standard InChI is InChI=1S/C22H25ClIN3O4/c1-6-13-19-16(27(10-9-17(28)30-4)21(13)22(29)31-5)8-7-14(23)20(19)18-12(2)26(3)25-15(18)11-24/h7-8H,6,9-11H2,1-5H3. The molecule has 0 saturated carbocycles. The number of benzene rings is 1. The van der Waals surface area contributed by atoms with E-state index in [1.807, 2.05) is 42.3 Å². The molecule has 3 rings (SSSR count). The molecule has 9 heteroatoms. The molecule has 0 bridgehead atoms. The molecule has 0 saturated heterocycles. The maximum absolute atomic E-state index is 12.8. The smallest absolute Gasteiger partial charge is 0.354 e. The van der Waals surface area contributed by atoms with Crippen LogP contribution in [0.4, 0.5) is 0 Å². The van der Waals surface area contributed by atoms with E-state index in [0.717, 1.165) is 43.4 Å². The van der Waals surface area contributed by atoms with E-state index >= 15 is 0 Å². The fraction of sp³-hybridized carbons (Fsp3) is 0.409. The molecular formula is C22H25ClIN3O4. The highest BCUT2D eigenvalue weighted by Crippen LogP contribution is 2.43. The van der Waals surface area contributed by atoms with E-state index in [1.54, 1.807) is 0 Å². The topological polar surface area (TPSA) is 75.3 Å². The minimum absolute atomic E-state index is 0.135. The fourth-order valence-electron chi connectivity index (χ4n) is 4.05. The van der Waals surface area contributed by atoms with Gasteiger partial charge in [-0.3, -0.25) is 9.48 Å². The lowest BCUT2D eigenvalue weighted by molar-refractivity contribution is -0.140. The van der Waals surface area contributed by atoms with Crippen LogP contribution in [0.15, 0.2) is 12.1 Å². The highest BCUT2D eigenvalue weighted by molar-refractivity contribution is 14.1. The zero-order valence-electron chi connectivity index (χ0n) is 18.2. The van der Waals surface area contributed by atoms with Gasteiger partial charge >= 0.3 is 11.9 Å². The van der Waals surface area contributed by atoms with Crippen LogP contribution in [0, 0.1) is 6.92 Å². The molecule has 2 aromatic heterocycles. The number of fused-ring (bicyclic) bond motifs is 1. The third-order valence-corrected chi connectivity index (χ3v) is 6.60. The summed E-state index contributed by atoms with van der Waals surface area (Å²) in [5.41, 5.74) is 5.85. The first-order chi connectivity index (χ1) is 14.8. The van der Waals surface area contributed by atoms with Gasteiger partial charge in [0.1, 0.15) is 5.69 Å². The predicted octanol–water partition coefficient (Wildman–Crippen LogP) is 4.85. The Morgan fingerprint density at radius 1 is 1.19 bits per heavy atom. The second-order valence-corrected chi connectivity index (χ2v) is 8.30. The van der Waals surface area contributed by atoms with Crippen LogP contribution in [-0.4, -0.2) is 40.5 Å². The number of aryl methyl sites for hydroxylation is 3. The SMILES string of the molecule is CCc1c(C(=O)OC)n(CCC(=O)OC)c2ccc(Cl)c(-c3c(CI)nn(C)c3C)c12. The highest BCUT2D eigenvalue weighted by atomic mass is 127. The largest absolute Gasteiger partial charge is 0.469 e. The lowest BCUT2D eigenvalue weighted by Gasteiger charge is -2.11. The Kier molecular flexibility index (Phi) is 7.31. The summed E-state index contributed by atoms with van der Waals surface area (Å²) >= 11 is 9.06. The van der Waals surface area contributed by atoms with Crippen molar-refractivity contribution in [2.24, 2.45) is 7.05 Å². The molecule has 3 aromatic rings. The van der Waals surface area contributed by atoms with Gasteiger partial charge in [-0.1, -0.05) is 41.1 Å². The first-order valence-electron chi connectivity index (χ1n) is 9.88. The Hall–Kier alpha value is -2.07. The molecule has 7 nitrogen and oxygen atoms in total. The molecule has 1 aromatic carbocycles. The maximum Gasteiger partial charge on any atom is 0.354 e. The van der Waals surface area contributed by atoms with Crippen LogP contribution >= 0.6 is 34.2 Å². The number of rotatable bonds is 7. The summed E-state index contributed by atoms with van der Waals surface area (Å²) in [5.74, 6) is -0.794. The Balaban J connectivity index is 2.44. The van der Waals surface area contributed by atoms with Crippen LogP contribution in [0.3, 0.4) is 0 Å². The molecule has 0 unspecified atom stereocenters. The van der Waals surface area contributed by atoms with Crippen molar-refractivity contribution in [1.29, 1.82) is 0 Å². The van der Waals surface area contributed by atoms with Gasteiger partial charge in [-0.25, -0.2) is 4.79 Å². The van der Waals surface area contributed by atoms with Gasteiger partial charge in [0, 0.05) is 50.8 Å². The van der Waals surface area contributed by atoms with Gasteiger partial charge in [-0.15, -0.1) is 0 Å². The van der Waals surface area contributed by atoms with Gasteiger partial charge < -0.3 is 14.0 Å². The number of carbonyl (C=O) groups excluding carboxylic acids is 2. The molecule has 0 atom stereocenters. The fourth-order valence-corrected chi connectivity index (χ4v) is 4.84. The summed E-state index contributed by atoms with van der Waals surface area (Å²) in [6.07, 6.45) is 0.731. The quantitative estimate of drug-likeness (QED) is 0.236. The number of hydrogen-bond donors (Lipinski definition) is 0. The number of aromatic nitrogens is 3. The summed E-state index contributed by atoms with van der Waals surface area (Å²) < 4.78 is 14.3. The van der Waals surface area contributed by atoms with Gasteiger partial charge in [-0.05, 0) is 31.0 Å². The highest BCUT2D eigenvalue weighted by Gasteiger charge is 2.28. The van der Waals surface area contributed by atoms with Crippen LogP contribution in [-0.2, 0) is 38.7 Å².